The molecule has 0 unspecified atom stereocenters. The molecular formula is C14H12N4O3. The summed E-state index contributed by atoms with van der Waals surface area (Å²) >= 11 is 0. The van der Waals surface area contributed by atoms with Gasteiger partial charge in [0.2, 0.25) is 12.2 Å². The lowest BCUT2D eigenvalue weighted by molar-refractivity contribution is -0.389. The molecule has 3 aromatic rings. The first kappa shape index (κ1) is 13.0. The highest BCUT2D eigenvalue weighted by Gasteiger charge is 2.14. The molecule has 0 saturated carbocycles. The zero-order valence-electron chi connectivity index (χ0n) is 11.3. The van der Waals surface area contributed by atoms with Gasteiger partial charge < -0.3 is 19.1 Å². The van der Waals surface area contributed by atoms with Gasteiger partial charge in [0.15, 0.2) is 0 Å². The van der Waals surface area contributed by atoms with Crippen LogP contribution in [0.25, 0.3) is 11.5 Å². The molecule has 0 aliphatic carbocycles. The van der Waals surface area contributed by atoms with E-state index in [1.165, 1.54) is 12.5 Å². The van der Waals surface area contributed by atoms with Gasteiger partial charge in [-0.2, -0.15) is 0 Å². The first-order valence-electron chi connectivity index (χ1n) is 6.31. The Hall–Kier alpha value is -2.96. The zero-order chi connectivity index (χ0) is 14.8. The molecule has 0 N–H and O–H groups in total. The smallest absolute Gasteiger partial charge is 0.381 e. The van der Waals surface area contributed by atoms with Crippen LogP contribution in [0.3, 0.4) is 0 Å². The van der Waals surface area contributed by atoms with Crippen molar-refractivity contribution in [2.45, 2.75) is 13.5 Å². The summed E-state index contributed by atoms with van der Waals surface area (Å²) in [5.74, 6) is 1.04. The molecule has 0 amide bonds. The van der Waals surface area contributed by atoms with E-state index in [2.05, 4.69) is 9.97 Å². The third kappa shape index (κ3) is 2.66. The molecule has 2 aromatic heterocycles. The molecule has 1 aromatic carbocycles. The minimum absolute atomic E-state index is 0.181. The lowest BCUT2D eigenvalue weighted by atomic mass is 10.2. The van der Waals surface area contributed by atoms with Gasteiger partial charge in [-0.05, 0) is 29.0 Å². The van der Waals surface area contributed by atoms with E-state index < -0.39 is 4.92 Å². The van der Waals surface area contributed by atoms with Gasteiger partial charge in [-0.1, -0.05) is 18.2 Å². The number of benzene rings is 1. The first-order chi connectivity index (χ1) is 10.1. The van der Waals surface area contributed by atoms with E-state index in [-0.39, 0.29) is 5.82 Å². The third-order valence-electron chi connectivity index (χ3n) is 3.05. The Kier molecular flexibility index (Phi) is 3.23. The van der Waals surface area contributed by atoms with Crippen molar-refractivity contribution in [2.75, 3.05) is 0 Å². The molecule has 0 atom stereocenters. The number of imidazole rings is 1. The summed E-state index contributed by atoms with van der Waals surface area (Å²) in [6.45, 7) is 2.20. The number of rotatable bonds is 4. The highest BCUT2D eigenvalue weighted by molar-refractivity contribution is 5.53. The molecule has 3 rings (SSSR count). The number of aryl methyl sites for hydroxylation is 1. The summed E-state index contributed by atoms with van der Waals surface area (Å²) in [6, 6.07) is 9.57. The van der Waals surface area contributed by atoms with Crippen LogP contribution in [0.5, 0.6) is 0 Å². The molecule has 2 heterocycles. The minimum atomic E-state index is -0.526. The lowest BCUT2D eigenvalue weighted by Gasteiger charge is -1.96. The predicted octanol–water partition coefficient (Wildman–Crippen LogP) is 2.80. The molecule has 106 valence electrons. The average molecular weight is 284 g/mol. The second-order valence-electron chi connectivity index (χ2n) is 4.55. The van der Waals surface area contributed by atoms with Crippen LogP contribution in [0, 0.1) is 17.0 Å². The number of nitrogens with zero attached hydrogens (tertiary/aromatic N) is 4. The number of hydrogen-bond acceptors (Lipinski definition) is 5. The van der Waals surface area contributed by atoms with Crippen LogP contribution in [0.15, 0.2) is 47.3 Å². The Morgan fingerprint density at radius 3 is 2.76 bits per heavy atom. The van der Waals surface area contributed by atoms with Crippen LogP contribution < -0.4 is 0 Å². The second kappa shape index (κ2) is 5.20. The first-order valence-corrected chi connectivity index (χ1v) is 6.31. The summed E-state index contributed by atoms with van der Waals surface area (Å²) in [6.07, 6.45) is 2.78. The summed E-state index contributed by atoms with van der Waals surface area (Å²) in [4.78, 5) is 18.2. The highest BCUT2D eigenvalue weighted by atomic mass is 16.6. The number of hydrogen-bond donors (Lipinski definition) is 0. The Bertz CT molecular complexity index is 777. The SMILES string of the molecule is Cc1oc(-c2ccccc2)nc1Cn1cnc([N+](=O)[O-])c1. The number of nitro groups is 1. The van der Waals surface area contributed by atoms with E-state index in [4.69, 9.17) is 4.42 Å². The summed E-state index contributed by atoms with van der Waals surface area (Å²) in [5.41, 5.74) is 1.62. The van der Waals surface area contributed by atoms with E-state index in [1.54, 1.807) is 4.57 Å². The quantitative estimate of drug-likeness (QED) is 0.543. The Labute approximate surface area is 120 Å². The molecule has 0 aliphatic heterocycles. The van der Waals surface area contributed by atoms with Gasteiger partial charge in [-0.25, -0.2) is 4.98 Å². The van der Waals surface area contributed by atoms with Crippen molar-refractivity contribution >= 4 is 5.82 Å². The van der Waals surface area contributed by atoms with Crippen molar-refractivity contribution in [3.63, 3.8) is 0 Å². The molecule has 0 radical (unpaired) electrons. The van der Waals surface area contributed by atoms with Gasteiger partial charge >= 0.3 is 5.82 Å². The van der Waals surface area contributed by atoms with Crippen molar-refractivity contribution in [3.8, 4) is 11.5 Å². The molecule has 7 heteroatoms. The topological polar surface area (TPSA) is 87.0 Å². The molecule has 7 nitrogen and oxygen atoms in total. The van der Waals surface area contributed by atoms with Crippen molar-refractivity contribution in [1.29, 1.82) is 0 Å². The minimum Gasteiger partial charge on any atom is -0.441 e. The molecule has 0 bridgehead atoms. The Morgan fingerprint density at radius 2 is 2.10 bits per heavy atom. The second-order valence-corrected chi connectivity index (χ2v) is 4.55. The normalized spacial score (nSPS) is 10.7. The van der Waals surface area contributed by atoms with Gasteiger partial charge in [-0.15, -0.1) is 0 Å². The molecule has 0 fully saturated rings. The highest BCUT2D eigenvalue weighted by Crippen LogP contribution is 2.22. The van der Waals surface area contributed by atoms with Crippen LogP contribution in [0.4, 0.5) is 5.82 Å². The van der Waals surface area contributed by atoms with Crippen LogP contribution >= 0.6 is 0 Å². The van der Waals surface area contributed by atoms with Crippen molar-refractivity contribution in [2.24, 2.45) is 0 Å². The molecule has 0 saturated heterocycles. The number of aromatic nitrogens is 3. The monoisotopic (exact) mass is 284 g/mol. The Balaban J connectivity index is 1.86. The molecular weight excluding hydrogens is 272 g/mol. The predicted molar refractivity (Wildman–Crippen MR) is 74.7 cm³/mol. The molecule has 0 spiro atoms. The summed E-state index contributed by atoms with van der Waals surface area (Å²) in [7, 11) is 0. The fourth-order valence-electron chi connectivity index (χ4n) is 1.98. The van der Waals surface area contributed by atoms with Crippen LogP contribution in [-0.2, 0) is 6.54 Å². The van der Waals surface area contributed by atoms with Crippen LogP contribution in [-0.4, -0.2) is 19.5 Å². The van der Waals surface area contributed by atoms with Crippen LogP contribution in [0.1, 0.15) is 11.5 Å². The maximum atomic E-state index is 10.6. The van der Waals surface area contributed by atoms with Crippen LogP contribution in [0.2, 0.25) is 0 Å². The van der Waals surface area contributed by atoms with Crippen molar-refractivity contribution in [3.05, 3.63) is 64.4 Å². The van der Waals surface area contributed by atoms with Gasteiger partial charge in [-0.3, -0.25) is 0 Å². The van der Waals surface area contributed by atoms with E-state index >= 15 is 0 Å². The van der Waals surface area contributed by atoms with Gasteiger partial charge in [0.1, 0.15) is 17.7 Å². The summed E-state index contributed by atoms with van der Waals surface area (Å²) < 4.78 is 7.26. The fourth-order valence-corrected chi connectivity index (χ4v) is 1.98. The maximum Gasteiger partial charge on any atom is 0.381 e. The third-order valence-corrected chi connectivity index (χ3v) is 3.05. The Morgan fingerprint density at radius 1 is 1.33 bits per heavy atom. The lowest BCUT2D eigenvalue weighted by Crippen LogP contribution is -1.98. The van der Waals surface area contributed by atoms with Gasteiger partial charge in [0.05, 0.1) is 6.54 Å². The largest absolute Gasteiger partial charge is 0.441 e. The molecule has 21 heavy (non-hydrogen) atoms. The van der Waals surface area contributed by atoms with Crippen molar-refractivity contribution in [1.82, 2.24) is 14.5 Å². The van der Waals surface area contributed by atoms with E-state index in [1.807, 2.05) is 37.3 Å². The van der Waals surface area contributed by atoms with E-state index in [9.17, 15) is 10.1 Å². The standard InChI is InChI=1S/C14H12N4O3/c1-10-12(7-17-8-13(15-9-17)18(19)20)16-14(21-10)11-5-3-2-4-6-11/h2-6,8-9H,7H2,1H3. The van der Waals surface area contributed by atoms with Gasteiger partial charge in [0.25, 0.3) is 0 Å². The summed E-state index contributed by atoms with van der Waals surface area (Å²) in [5, 5.41) is 10.6. The number of oxazole rings is 1. The maximum absolute atomic E-state index is 10.6. The van der Waals surface area contributed by atoms with E-state index in [0.29, 0.717) is 18.2 Å². The average Bonchev–Trinajstić information content (AvgIpc) is 3.08. The fraction of sp³-hybridized carbons (Fsp3) is 0.143. The molecule has 0 aliphatic rings. The zero-order valence-corrected chi connectivity index (χ0v) is 11.3. The van der Waals surface area contributed by atoms with Gasteiger partial charge in [0, 0.05) is 5.56 Å². The van der Waals surface area contributed by atoms with E-state index in [0.717, 1.165) is 11.3 Å². The van der Waals surface area contributed by atoms with Crippen molar-refractivity contribution < 1.29 is 9.34 Å².